The van der Waals surface area contributed by atoms with E-state index in [-0.39, 0.29) is 22.5 Å². The molecule has 1 aliphatic heterocycles. The topological polar surface area (TPSA) is 115 Å². The first-order chi connectivity index (χ1) is 20.2. The number of nitrogens with one attached hydrogen (secondary N) is 2. The second-order valence-corrected chi connectivity index (χ2v) is 10.3. The van der Waals surface area contributed by atoms with Crippen molar-refractivity contribution in [2.75, 3.05) is 17.7 Å². The number of pyridine rings is 1. The average Bonchev–Trinajstić information content (AvgIpc) is 2.97. The molecule has 0 saturated heterocycles. The van der Waals surface area contributed by atoms with Crippen LogP contribution in [0.5, 0.6) is 0 Å². The molecule has 2 unspecified atom stereocenters. The van der Waals surface area contributed by atoms with E-state index in [1.165, 1.54) is 18.0 Å². The van der Waals surface area contributed by atoms with Gasteiger partial charge in [0.2, 0.25) is 5.91 Å². The monoisotopic (exact) mass is 593 g/mol. The number of ether oxygens (including phenoxy) is 1. The lowest BCUT2D eigenvalue weighted by atomic mass is 9.94. The van der Waals surface area contributed by atoms with Crippen LogP contribution >= 0.6 is 11.6 Å². The highest BCUT2D eigenvalue weighted by molar-refractivity contribution is 6.31. The van der Waals surface area contributed by atoms with Gasteiger partial charge < -0.3 is 10.1 Å². The molecule has 0 radical (unpaired) electrons. The number of hydrogen-bond donors (Lipinski definition) is 2. The summed E-state index contributed by atoms with van der Waals surface area (Å²) in [6.45, 7) is 1.81. The number of halogens is 3. The molecule has 4 aromatic rings. The van der Waals surface area contributed by atoms with Crippen LogP contribution in [0.1, 0.15) is 37.8 Å². The molecule has 42 heavy (non-hydrogen) atoms. The number of hydrogen-bond acceptors (Lipinski definition) is 6. The Balaban J connectivity index is 1.59. The van der Waals surface area contributed by atoms with Gasteiger partial charge in [0, 0.05) is 29.4 Å². The molecule has 5 rings (SSSR count). The number of carbonyl (C=O) groups excluding carboxylic acids is 2. The zero-order valence-corrected chi connectivity index (χ0v) is 23.4. The van der Waals surface area contributed by atoms with Crippen molar-refractivity contribution >= 4 is 35.0 Å². The standard InChI is InChI=1S/C30H26ClF2N5O4/c1-16-4-3-5-25(38-15-35-24(14-26(38)39)27-21(32)9-8-20(31)28(27)33)17-10-11-34-22(12-17)19-7-6-18(36-30(41)42-2)13-23(19)37-29(16)40/h6-16,25H,3-5H2,1-2H3,(H,36,41)(H,37,40). The zero-order valence-electron chi connectivity index (χ0n) is 22.7. The van der Waals surface area contributed by atoms with Crippen LogP contribution in [0.4, 0.5) is 25.0 Å². The van der Waals surface area contributed by atoms with E-state index in [1.54, 1.807) is 37.4 Å². The number of anilines is 2. The van der Waals surface area contributed by atoms with Crippen LogP contribution in [0, 0.1) is 17.6 Å². The Labute approximate surface area is 244 Å². The minimum Gasteiger partial charge on any atom is -0.453 e. The SMILES string of the molecule is COC(=O)Nc1ccc2c(c1)NC(=O)C(C)CCCC(n1cnc(-c3c(F)ccc(Cl)c3F)cc1=O)c1ccnc-2c1. The van der Waals surface area contributed by atoms with Gasteiger partial charge in [0.15, 0.2) is 5.82 Å². The van der Waals surface area contributed by atoms with Gasteiger partial charge in [-0.2, -0.15) is 0 Å². The summed E-state index contributed by atoms with van der Waals surface area (Å²) in [6, 6.07) is 11.3. The summed E-state index contributed by atoms with van der Waals surface area (Å²) in [5.74, 6) is -2.47. The number of aromatic nitrogens is 3. The van der Waals surface area contributed by atoms with Gasteiger partial charge in [0.1, 0.15) is 5.82 Å². The second-order valence-electron chi connectivity index (χ2n) is 9.93. The first-order valence-electron chi connectivity index (χ1n) is 13.1. The maximum absolute atomic E-state index is 14.6. The number of fused-ring (bicyclic) bond motifs is 4. The van der Waals surface area contributed by atoms with Crippen molar-refractivity contribution in [2.24, 2.45) is 5.92 Å². The predicted octanol–water partition coefficient (Wildman–Crippen LogP) is 6.43. The van der Waals surface area contributed by atoms with Crippen LogP contribution in [0.15, 0.2) is 65.8 Å². The maximum Gasteiger partial charge on any atom is 0.411 e. The lowest BCUT2D eigenvalue weighted by molar-refractivity contribution is -0.119. The summed E-state index contributed by atoms with van der Waals surface area (Å²) in [4.78, 5) is 46.9. The normalized spacial score (nSPS) is 16.8. The van der Waals surface area contributed by atoms with E-state index in [1.807, 2.05) is 6.07 Å². The van der Waals surface area contributed by atoms with Crippen molar-refractivity contribution in [3.63, 3.8) is 0 Å². The Kier molecular flexibility index (Phi) is 8.30. The van der Waals surface area contributed by atoms with Crippen molar-refractivity contribution in [1.29, 1.82) is 0 Å². The molecular weight excluding hydrogens is 568 g/mol. The van der Waals surface area contributed by atoms with Crippen molar-refractivity contribution < 1.29 is 23.1 Å². The first-order valence-corrected chi connectivity index (χ1v) is 13.5. The lowest BCUT2D eigenvalue weighted by Crippen LogP contribution is -2.27. The summed E-state index contributed by atoms with van der Waals surface area (Å²) in [5, 5.41) is 5.25. The highest BCUT2D eigenvalue weighted by Gasteiger charge is 2.23. The zero-order chi connectivity index (χ0) is 30.0. The molecule has 0 aliphatic carbocycles. The van der Waals surface area contributed by atoms with Gasteiger partial charge in [-0.3, -0.25) is 24.5 Å². The van der Waals surface area contributed by atoms with Gasteiger partial charge in [-0.05, 0) is 60.9 Å². The van der Waals surface area contributed by atoms with Crippen LogP contribution < -0.4 is 16.2 Å². The highest BCUT2D eigenvalue weighted by Crippen LogP contribution is 2.34. The summed E-state index contributed by atoms with van der Waals surface area (Å²) in [5.41, 5.74) is 1.56. The Morgan fingerprint density at radius 1 is 1.07 bits per heavy atom. The van der Waals surface area contributed by atoms with Crippen LogP contribution in [-0.4, -0.2) is 33.6 Å². The van der Waals surface area contributed by atoms with E-state index >= 15 is 0 Å². The minimum absolute atomic E-state index is 0.173. The van der Waals surface area contributed by atoms with E-state index in [2.05, 4.69) is 25.3 Å². The quantitative estimate of drug-likeness (QED) is 0.265. The van der Waals surface area contributed by atoms with E-state index < -0.39 is 34.9 Å². The molecule has 2 aromatic heterocycles. The van der Waals surface area contributed by atoms with E-state index in [0.717, 1.165) is 23.8 Å². The molecule has 216 valence electrons. The third kappa shape index (κ3) is 5.87. The van der Waals surface area contributed by atoms with Crippen molar-refractivity contribution in [1.82, 2.24) is 14.5 Å². The molecule has 2 amide bonds. The number of carbonyl (C=O) groups is 2. The molecule has 0 spiro atoms. The van der Waals surface area contributed by atoms with Gasteiger partial charge >= 0.3 is 6.09 Å². The Bertz CT molecular complexity index is 1750. The number of nitrogens with zero attached hydrogens (tertiary/aromatic N) is 3. The van der Waals surface area contributed by atoms with Gasteiger partial charge in [0.05, 0.1) is 47.1 Å². The van der Waals surface area contributed by atoms with Crippen molar-refractivity contribution in [3.05, 3.63) is 93.6 Å². The summed E-state index contributed by atoms with van der Waals surface area (Å²) in [7, 11) is 1.25. The molecule has 2 atom stereocenters. The number of benzene rings is 2. The number of methoxy groups -OCH3 is 1. The predicted molar refractivity (Wildman–Crippen MR) is 154 cm³/mol. The van der Waals surface area contributed by atoms with E-state index in [0.29, 0.717) is 41.9 Å². The summed E-state index contributed by atoms with van der Waals surface area (Å²) < 4.78 is 35.2. The largest absolute Gasteiger partial charge is 0.453 e. The van der Waals surface area contributed by atoms with E-state index in [9.17, 15) is 23.2 Å². The summed E-state index contributed by atoms with van der Waals surface area (Å²) >= 11 is 5.84. The van der Waals surface area contributed by atoms with Gasteiger partial charge in [-0.25, -0.2) is 18.6 Å². The minimum atomic E-state index is -0.998. The fraction of sp³-hybridized carbons (Fsp3) is 0.233. The molecule has 0 fully saturated rings. The second kappa shape index (κ2) is 12.1. The van der Waals surface area contributed by atoms with Crippen molar-refractivity contribution in [3.8, 4) is 22.5 Å². The third-order valence-electron chi connectivity index (χ3n) is 7.19. The molecule has 12 heteroatoms. The summed E-state index contributed by atoms with van der Waals surface area (Å²) in [6.07, 6.45) is 3.80. The maximum atomic E-state index is 14.6. The fourth-order valence-electron chi connectivity index (χ4n) is 4.93. The number of rotatable bonds is 3. The van der Waals surface area contributed by atoms with Crippen LogP contribution in [0.25, 0.3) is 22.5 Å². The highest BCUT2D eigenvalue weighted by atomic mass is 35.5. The molecule has 9 nitrogen and oxygen atoms in total. The third-order valence-corrected chi connectivity index (χ3v) is 7.48. The Morgan fingerprint density at radius 3 is 2.64 bits per heavy atom. The van der Waals surface area contributed by atoms with Crippen LogP contribution in [0.2, 0.25) is 5.02 Å². The molecule has 0 saturated carbocycles. The lowest BCUT2D eigenvalue weighted by Gasteiger charge is -2.23. The fourth-order valence-corrected chi connectivity index (χ4v) is 5.09. The van der Waals surface area contributed by atoms with Gasteiger partial charge in [0.25, 0.3) is 5.56 Å². The number of amides is 2. The van der Waals surface area contributed by atoms with Gasteiger partial charge in [-0.15, -0.1) is 0 Å². The molecule has 1 aliphatic rings. The molecule has 2 N–H and O–H groups in total. The Morgan fingerprint density at radius 2 is 1.88 bits per heavy atom. The van der Waals surface area contributed by atoms with Gasteiger partial charge in [-0.1, -0.05) is 24.9 Å². The molecule has 2 bridgehead atoms. The molecule has 3 heterocycles. The van der Waals surface area contributed by atoms with Crippen molar-refractivity contribution in [2.45, 2.75) is 32.2 Å². The average molecular weight is 594 g/mol. The van der Waals surface area contributed by atoms with Crippen LogP contribution in [-0.2, 0) is 9.53 Å². The molecule has 2 aromatic carbocycles. The van der Waals surface area contributed by atoms with Crippen LogP contribution in [0.3, 0.4) is 0 Å². The first kappa shape index (κ1) is 28.9. The van der Waals surface area contributed by atoms with E-state index in [4.69, 9.17) is 11.6 Å². The Hall–Kier alpha value is -4.64. The smallest absolute Gasteiger partial charge is 0.411 e. The molecular formula is C30H26ClF2N5O4.